The standard InChI is InChI=1S/C13H20N2O2/c1-13(2,3)8-10-14-11(12(16)17)9-6-4-5-7-15(9)10/h4-8H2,1-3H3,(H,16,17). The zero-order valence-electron chi connectivity index (χ0n) is 10.8. The summed E-state index contributed by atoms with van der Waals surface area (Å²) >= 11 is 0. The lowest BCUT2D eigenvalue weighted by atomic mass is 9.92. The summed E-state index contributed by atoms with van der Waals surface area (Å²) in [5.41, 5.74) is 1.32. The zero-order chi connectivity index (χ0) is 12.6. The fourth-order valence-corrected chi connectivity index (χ4v) is 2.40. The van der Waals surface area contributed by atoms with Crippen molar-refractivity contribution in [3.8, 4) is 0 Å². The number of imidazole rings is 1. The second kappa shape index (κ2) is 4.17. The van der Waals surface area contributed by atoms with E-state index in [1.165, 1.54) is 0 Å². The molecule has 0 fully saturated rings. The first-order valence-electron chi connectivity index (χ1n) is 6.20. The van der Waals surface area contributed by atoms with E-state index < -0.39 is 5.97 Å². The summed E-state index contributed by atoms with van der Waals surface area (Å²) < 4.78 is 2.12. The Morgan fingerprint density at radius 3 is 2.71 bits per heavy atom. The number of nitrogens with zero attached hydrogens (tertiary/aromatic N) is 2. The van der Waals surface area contributed by atoms with E-state index in [0.29, 0.717) is 0 Å². The number of fused-ring (bicyclic) bond motifs is 1. The molecule has 0 atom stereocenters. The minimum atomic E-state index is -0.893. The smallest absolute Gasteiger partial charge is 0.356 e. The molecule has 4 nitrogen and oxygen atoms in total. The summed E-state index contributed by atoms with van der Waals surface area (Å²) in [6.45, 7) is 7.37. The molecule has 2 heterocycles. The third-order valence-corrected chi connectivity index (χ3v) is 3.09. The number of carboxylic acid groups (broad SMARTS) is 1. The van der Waals surface area contributed by atoms with Gasteiger partial charge in [0.2, 0.25) is 0 Å². The van der Waals surface area contributed by atoms with Gasteiger partial charge in [0.05, 0.1) is 5.69 Å². The number of carbonyl (C=O) groups is 1. The fraction of sp³-hybridized carbons (Fsp3) is 0.692. The van der Waals surface area contributed by atoms with Crippen LogP contribution in [0.1, 0.15) is 55.6 Å². The van der Waals surface area contributed by atoms with Gasteiger partial charge in [-0.05, 0) is 24.7 Å². The molecular weight excluding hydrogens is 216 g/mol. The number of aromatic nitrogens is 2. The highest BCUT2D eigenvalue weighted by Crippen LogP contribution is 2.26. The minimum absolute atomic E-state index is 0.134. The lowest BCUT2D eigenvalue weighted by Gasteiger charge is -2.21. The molecule has 0 radical (unpaired) electrons. The minimum Gasteiger partial charge on any atom is -0.476 e. The molecule has 0 aliphatic carbocycles. The van der Waals surface area contributed by atoms with Crippen molar-refractivity contribution in [3.63, 3.8) is 0 Å². The van der Waals surface area contributed by atoms with Crippen LogP contribution in [0.2, 0.25) is 0 Å². The van der Waals surface area contributed by atoms with Crippen molar-refractivity contribution in [2.24, 2.45) is 5.41 Å². The molecule has 0 saturated carbocycles. The largest absolute Gasteiger partial charge is 0.476 e. The second-order valence-corrected chi connectivity index (χ2v) is 5.97. The number of aromatic carboxylic acids is 1. The predicted molar refractivity (Wildman–Crippen MR) is 65.3 cm³/mol. The van der Waals surface area contributed by atoms with E-state index in [9.17, 15) is 9.90 Å². The Bertz CT molecular complexity index is 441. The predicted octanol–water partition coefficient (Wildman–Crippen LogP) is 2.51. The Hall–Kier alpha value is -1.32. The lowest BCUT2D eigenvalue weighted by Crippen LogP contribution is -2.18. The van der Waals surface area contributed by atoms with Crippen molar-refractivity contribution in [1.29, 1.82) is 0 Å². The first kappa shape index (κ1) is 12.1. The molecular formula is C13H20N2O2. The molecule has 4 heteroatoms. The average Bonchev–Trinajstić information content (AvgIpc) is 2.55. The van der Waals surface area contributed by atoms with Crippen LogP contribution in [0.5, 0.6) is 0 Å². The zero-order valence-corrected chi connectivity index (χ0v) is 10.8. The van der Waals surface area contributed by atoms with Crippen LogP contribution in [0, 0.1) is 5.41 Å². The summed E-state index contributed by atoms with van der Waals surface area (Å²) in [6, 6.07) is 0. The molecule has 1 aromatic heterocycles. The van der Waals surface area contributed by atoms with Crippen LogP contribution in [0.3, 0.4) is 0 Å². The normalized spacial score (nSPS) is 15.7. The average molecular weight is 236 g/mol. The maximum atomic E-state index is 11.2. The van der Waals surface area contributed by atoms with Crippen LogP contribution in [0.25, 0.3) is 0 Å². The monoisotopic (exact) mass is 236 g/mol. The van der Waals surface area contributed by atoms with Crippen molar-refractivity contribution in [1.82, 2.24) is 9.55 Å². The van der Waals surface area contributed by atoms with Crippen molar-refractivity contribution < 1.29 is 9.90 Å². The molecule has 0 unspecified atom stereocenters. The first-order chi connectivity index (χ1) is 7.88. The first-order valence-corrected chi connectivity index (χ1v) is 6.20. The van der Waals surface area contributed by atoms with Gasteiger partial charge in [0.1, 0.15) is 5.82 Å². The van der Waals surface area contributed by atoms with Gasteiger partial charge in [-0.3, -0.25) is 0 Å². The van der Waals surface area contributed by atoms with E-state index in [0.717, 1.165) is 43.7 Å². The Labute approximate surface area is 102 Å². The maximum absolute atomic E-state index is 11.2. The molecule has 94 valence electrons. The van der Waals surface area contributed by atoms with Gasteiger partial charge in [0.25, 0.3) is 0 Å². The highest BCUT2D eigenvalue weighted by atomic mass is 16.4. The Morgan fingerprint density at radius 2 is 2.12 bits per heavy atom. The van der Waals surface area contributed by atoms with E-state index in [4.69, 9.17) is 0 Å². The molecule has 1 N–H and O–H groups in total. The van der Waals surface area contributed by atoms with Gasteiger partial charge < -0.3 is 9.67 Å². The molecule has 0 spiro atoms. The highest BCUT2D eigenvalue weighted by Gasteiger charge is 2.25. The summed E-state index contributed by atoms with van der Waals surface area (Å²) in [6.07, 6.45) is 3.87. The summed E-state index contributed by atoms with van der Waals surface area (Å²) in [5.74, 6) is 0.0420. The number of carboxylic acids is 1. The summed E-state index contributed by atoms with van der Waals surface area (Å²) in [5, 5.41) is 9.18. The van der Waals surface area contributed by atoms with Crippen molar-refractivity contribution >= 4 is 5.97 Å². The SMILES string of the molecule is CC(C)(C)Cc1nc(C(=O)O)c2n1CCCC2. The number of hydrogen-bond donors (Lipinski definition) is 1. The van der Waals surface area contributed by atoms with Crippen molar-refractivity contribution in [3.05, 3.63) is 17.2 Å². The van der Waals surface area contributed by atoms with Gasteiger partial charge in [-0.1, -0.05) is 20.8 Å². The van der Waals surface area contributed by atoms with Gasteiger partial charge in [-0.15, -0.1) is 0 Å². The quantitative estimate of drug-likeness (QED) is 0.858. The molecule has 0 saturated heterocycles. The van der Waals surface area contributed by atoms with Gasteiger partial charge in [0, 0.05) is 13.0 Å². The van der Waals surface area contributed by atoms with E-state index in [1.54, 1.807) is 0 Å². The van der Waals surface area contributed by atoms with E-state index in [-0.39, 0.29) is 11.1 Å². The van der Waals surface area contributed by atoms with Crippen LogP contribution >= 0.6 is 0 Å². The molecule has 1 aliphatic heterocycles. The van der Waals surface area contributed by atoms with Crippen LogP contribution in [0.15, 0.2) is 0 Å². The fourth-order valence-electron chi connectivity index (χ4n) is 2.40. The number of hydrogen-bond acceptors (Lipinski definition) is 2. The number of rotatable bonds is 2. The van der Waals surface area contributed by atoms with Crippen LogP contribution in [-0.4, -0.2) is 20.6 Å². The second-order valence-electron chi connectivity index (χ2n) is 5.97. The Balaban J connectivity index is 2.42. The van der Waals surface area contributed by atoms with E-state index >= 15 is 0 Å². The van der Waals surface area contributed by atoms with E-state index in [1.807, 2.05) is 0 Å². The molecule has 0 amide bonds. The van der Waals surface area contributed by atoms with Gasteiger partial charge in [-0.25, -0.2) is 9.78 Å². The Morgan fingerprint density at radius 1 is 1.41 bits per heavy atom. The Kier molecular flexibility index (Phi) is 2.98. The molecule has 1 aromatic rings. The summed E-state index contributed by atoms with van der Waals surface area (Å²) in [7, 11) is 0. The van der Waals surface area contributed by atoms with Crippen molar-refractivity contribution in [2.45, 2.75) is 53.0 Å². The van der Waals surface area contributed by atoms with Gasteiger partial charge >= 0.3 is 5.97 Å². The van der Waals surface area contributed by atoms with Gasteiger partial charge in [-0.2, -0.15) is 0 Å². The lowest BCUT2D eigenvalue weighted by molar-refractivity contribution is 0.0689. The van der Waals surface area contributed by atoms with E-state index in [2.05, 4.69) is 30.3 Å². The van der Waals surface area contributed by atoms with Gasteiger partial charge in [0.15, 0.2) is 5.69 Å². The third kappa shape index (κ3) is 2.51. The summed E-state index contributed by atoms with van der Waals surface area (Å²) in [4.78, 5) is 15.5. The third-order valence-electron chi connectivity index (χ3n) is 3.09. The maximum Gasteiger partial charge on any atom is 0.356 e. The highest BCUT2D eigenvalue weighted by molar-refractivity contribution is 5.86. The van der Waals surface area contributed by atoms with Crippen LogP contribution < -0.4 is 0 Å². The molecule has 0 bridgehead atoms. The topological polar surface area (TPSA) is 55.1 Å². The molecule has 0 aromatic carbocycles. The molecule has 17 heavy (non-hydrogen) atoms. The van der Waals surface area contributed by atoms with Crippen LogP contribution in [-0.2, 0) is 19.4 Å². The molecule has 1 aliphatic rings. The van der Waals surface area contributed by atoms with Crippen LogP contribution in [0.4, 0.5) is 0 Å². The molecule has 2 rings (SSSR count). The van der Waals surface area contributed by atoms with Crippen molar-refractivity contribution in [2.75, 3.05) is 0 Å².